The zero-order valence-corrected chi connectivity index (χ0v) is 12.7. The molecule has 0 radical (unpaired) electrons. The molecule has 0 aliphatic carbocycles. The third-order valence-electron chi connectivity index (χ3n) is 4.24. The maximum Gasteiger partial charge on any atom is 0.0389 e. The van der Waals surface area contributed by atoms with Gasteiger partial charge in [0.2, 0.25) is 0 Å². The first kappa shape index (κ1) is 14.2. The molecular weight excluding hydrogens is 256 g/mol. The minimum Gasteiger partial charge on any atom is -0.381 e. The van der Waals surface area contributed by atoms with Crippen molar-refractivity contribution in [2.24, 2.45) is 0 Å². The zero-order chi connectivity index (χ0) is 14.5. The Labute approximate surface area is 127 Å². The summed E-state index contributed by atoms with van der Waals surface area (Å²) in [5, 5.41) is 7.32. The predicted molar refractivity (Wildman–Crippen MR) is 89.8 cm³/mol. The van der Waals surface area contributed by atoms with Gasteiger partial charge in [0.1, 0.15) is 0 Å². The minimum atomic E-state index is 0.506. The highest BCUT2D eigenvalue weighted by atomic mass is 15.0. The van der Waals surface area contributed by atoms with E-state index >= 15 is 0 Å². The summed E-state index contributed by atoms with van der Waals surface area (Å²) in [6.45, 7) is 3.30. The molecule has 1 aliphatic heterocycles. The van der Waals surface area contributed by atoms with E-state index in [4.69, 9.17) is 0 Å². The number of nitrogens with one attached hydrogen (secondary N) is 2. The molecule has 2 unspecified atom stereocenters. The number of para-hydroxylation sites is 1. The van der Waals surface area contributed by atoms with Crippen molar-refractivity contribution in [1.82, 2.24) is 5.32 Å². The highest BCUT2D eigenvalue weighted by Crippen LogP contribution is 2.23. The van der Waals surface area contributed by atoms with Crippen LogP contribution in [-0.4, -0.2) is 18.6 Å². The van der Waals surface area contributed by atoms with Gasteiger partial charge in [0.25, 0.3) is 0 Å². The van der Waals surface area contributed by atoms with Gasteiger partial charge in [-0.05, 0) is 43.4 Å². The van der Waals surface area contributed by atoms with Crippen LogP contribution in [0.5, 0.6) is 0 Å². The van der Waals surface area contributed by atoms with Crippen molar-refractivity contribution in [1.29, 1.82) is 0 Å². The summed E-state index contributed by atoms with van der Waals surface area (Å²) in [6, 6.07) is 20.4. The molecule has 3 rings (SSSR count). The Morgan fingerprint density at radius 1 is 1.10 bits per heavy atom. The maximum absolute atomic E-state index is 3.67. The third kappa shape index (κ3) is 3.85. The zero-order valence-electron chi connectivity index (χ0n) is 12.7. The number of rotatable bonds is 5. The molecule has 21 heavy (non-hydrogen) atoms. The molecule has 110 valence electrons. The average Bonchev–Trinajstić information content (AvgIpc) is 2.54. The molecule has 0 spiro atoms. The molecule has 2 nitrogen and oxygen atoms in total. The Hall–Kier alpha value is -1.80. The third-order valence-corrected chi connectivity index (χ3v) is 4.24. The second kappa shape index (κ2) is 6.77. The number of benzene rings is 2. The van der Waals surface area contributed by atoms with Crippen LogP contribution in [0.2, 0.25) is 0 Å². The van der Waals surface area contributed by atoms with E-state index in [2.05, 4.69) is 72.2 Å². The molecule has 0 fully saturated rings. The lowest BCUT2D eigenvalue weighted by atomic mass is 9.98. The summed E-state index contributed by atoms with van der Waals surface area (Å²) in [5.74, 6) is 0. The molecule has 0 aromatic heterocycles. The number of aryl methyl sites for hydroxylation is 1. The fraction of sp³-hybridized carbons (Fsp3) is 0.368. The van der Waals surface area contributed by atoms with E-state index in [9.17, 15) is 0 Å². The summed E-state index contributed by atoms with van der Waals surface area (Å²) in [6.07, 6.45) is 3.48. The highest BCUT2D eigenvalue weighted by Gasteiger charge is 2.17. The van der Waals surface area contributed by atoms with E-state index in [1.54, 1.807) is 0 Å². The molecule has 0 saturated heterocycles. The van der Waals surface area contributed by atoms with Gasteiger partial charge in [-0.1, -0.05) is 48.5 Å². The largest absolute Gasteiger partial charge is 0.381 e. The standard InChI is InChI=1S/C19H24N2/c1-15(13-16-7-3-2-4-8-16)20-14-18-12-11-17-9-5-6-10-19(17)21-18/h2-10,15,18,20-21H,11-14H2,1H3. The van der Waals surface area contributed by atoms with E-state index in [0.29, 0.717) is 12.1 Å². The molecule has 0 bridgehead atoms. The molecule has 2 heteroatoms. The number of anilines is 1. The van der Waals surface area contributed by atoms with Crippen LogP contribution in [0.3, 0.4) is 0 Å². The Kier molecular flexibility index (Phi) is 4.56. The van der Waals surface area contributed by atoms with Gasteiger partial charge in [-0.25, -0.2) is 0 Å². The summed E-state index contributed by atoms with van der Waals surface area (Å²) in [5.41, 5.74) is 4.16. The normalized spacial score (nSPS) is 18.6. The van der Waals surface area contributed by atoms with Gasteiger partial charge in [0.15, 0.2) is 0 Å². The van der Waals surface area contributed by atoms with Crippen LogP contribution in [-0.2, 0) is 12.8 Å². The number of hydrogen-bond acceptors (Lipinski definition) is 2. The van der Waals surface area contributed by atoms with Gasteiger partial charge < -0.3 is 10.6 Å². The maximum atomic E-state index is 3.67. The van der Waals surface area contributed by atoms with Crippen molar-refractivity contribution in [2.45, 2.75) is 38.3 Å². The summed E-state index contributed by atoms with van der Waals surface area (Å²) >= 11 is 0. The first-order valence-electron chi connectivity index (χ1n) is 7.93. The fourth-order valence-electron chi connectivity index (χ4n) is 3.04. The van der Waals surface area contributed by atoms with E-state index in [-0.39, 0.29) is 0 Å². The Balaban J connectivity index is 1.48. The van der Waals surface area contributed by atoms with Crippen LogP contribution < -0.4 is 10.6 Å². The number of hydrogen-bond donors (Lipinski definition) is 2. The van der Waals surface area contributed by atoms with Crippen LogP contribution in [0.25, 0.3) is 0 Å². The summed E-state index contributed by atoms with van der Waals surface area (Å²) < 4.78 is 0. The van der Waals surface area contributed by atoms with Crippen molar-refractivity contribution < 1.29 is 0 Å². The quantitative estimate of drug-likeness (QED) is 0.874. The lowest BCUT2D eigenvalue weighted by molar-refractivity contribution is 0.494. The number of fused-ring (bicyclic) bond motifs is 1. The topological polar surface area (TPSA) is 24.1 Å². The smallest absolute Gasteiger partial charge is 0.0389 e. The van der Waals surface area contributed by atoms with Gasteiger partial charge in [-0.3, -0.25) is 0 Å². The highest BCUT2D eigenvalue weighted by molar-refractivity contribution is 5.53. The molecule has 0 amide bonds. The molecule has 1 aliphatic rings. The first-order chi connectivity index (χ1) is 10.3. The van der Waals surface area contributed by atoms with Crippen LogP contribution >= 0.6 is 0 Å². The Morgan fingerprint density at radius 2 is 1.86 bits per heavy atom. The lowest BCUT2D eigenvalue weighted by Crippen LogP contribution is -2.40. The first-order valence-corrected chi connectivity index (χ1v) is 7.93. The molecular formula is C19H24N2. The Bertz CT molecular complexity index is 565. The molecule has 2 aromatic carbocycles. The Morgan fingerprint density at radius 3 is 2.71 bits per heavy atom. The minimum absolute atomic E-state index is 0.506. The fourth-order valence-corrected chi connectivity index (χ4v) is 3.04. The molecule has 2 N–H and O–H groups in total. The van der Waals surface area contributed by atoms with Crippen molar-refractivity contribution in [3.8, 4) is 0 Å². The SMILES string of the molecule is CC(Cc1ccccc1)NCC1CCc2ccccc2N1. The van der Waals surface area contributed by atoms with Gasteiger partial charge >= 0.3 is 0 Å². The van der Waals surface area contributed by atoms with Crippen molar-refractivity contribution in [2.75, 3.05) is 11.9 Å². The van der Waals surface area contributed by atoms with Crippen LogP contribution in [0, 0.1) is 0 Å². The van der Waals surface area contributed by atoms with Gasteiger partial charge in [0, 0.05) is 24.3 Å². The molecule has 0 saturated carbocycles. The monoisotopic (exact) mass is 280 g/mol. The van der Waals surface area contributed by atoms with E-state index in [0.717, 1.165) is 13.0 Å². The second-order valence-electron chi connectivity index (χ2n) is 6.04. The van der Waals surface area contributed by atoms with E-state index in [1.165, 1.54) is 29.7 Å². The van der Waals surface area contributed by atoms with Crippen molar-refractivity contribution in [3.05, 3.63) is 65.7 Å². The van der Waals surface area contributed by atoms with Gasteiger partial charge in [-0.15, -0.1) is 0 Å². The second-order valence-corrected chi connectivity index (χ2v) is 6.04. The van der Waals surface area contributed by atoms with Gasteiger partial charge in [-0.2, -0.15) is 0 Å². The van der Waals surface area contributed by atoms with E-state index in [1.807, 2.05) is 0 Å². The summed E-state index contributed by atoms with van der Waals surface area (Å²) in [4.78, 5) is 0. The van der Waals surface area contributed by atoms with Gasteiger partial charge in [0.05, 0.1) is 0 Å². The van der Waals surface area contributed by atoms with Crippen LogP contribution in [0.1, 0.15) is 24.5 Å². The lowest BCUT2D eigenvalue weighted by Gasteiger charge is -2.28. The predicted octanol–water partition coefficient (Wildman–Crippen LogP) is 3.63. The molecule has 1 heterocycles. The van der Waals surface area contributed by atoms with E-state index < -0.39 is 0 Å². The van der Waals surface area contributed by atoms with Crippen molar-refractivity contribution in [3.63, 3.8) is 0 Å². The molecule has 2 aromatic rings. The van der Waals surface area contributed by atoms with Crippen LogP contribution in [0.15, 0.2) is 54.6 Å². The summed E-state index contributed by atoms with van der Waals surface area (Å²) in [7, 11) is 0. The van der Waals surface area contributed by atoms with Crippen LogP contribution in [0.4, 0.5) is 5.69 Å². The molecule has 2 atom stereocenters. The van der Waals surface area contributed by atoms with Crippen molar-refractivity contribution >= 4 is 5.69 Å². The average molecular weight is 280 g/mol.